The van der Waals surface area contributed by atoms with Gasteiger partial charge in [0.1, 0.15) is 5.60 Å². The van der Waals surface area contributed by atoms with Crippen LogP contribution in [-0.2, 0) is 19.2 Å². The van der Waals surface area contributed by atoms with Crippen LogP contribution in [0.4, 0.5) is 4.79 Å². The highest BCUT2D eigenvalue weighted by Crippen LogP contribution is 2.47. The number of carbonyl (C=O) groups is 3. The molecule has 1 fully saturated rings. The van der Waals surface area contributed by atoms with Gasteiger partial charge in [0.25, 0.3) is 5.91 Å². The number of hydroxylamine groups is 1. The van der Waals surface area contributed by atoms with Gasteiger partial charge in [-0.05, 0) is 39.0 Å². The van der Waals surface area contributed by atoms with E-state index in [2.05, 4.69) is 10.3 Å². The van der Waals surface area contributed by atoms with Gasteiger partial charge in [-0.1, -0.05) is 12.2 Å². The number of hydrogen-bond acceptors (Lipinski definition) is 5. The van der Waals surface area contributed by atoms with Crippen molar-refractivity contribution in [3.05, 3.63) is 12.2 Å². The third-order valence-electron chi connectivity index (χ3n) is 3.72. The van der Waals surface area contributed by atoms with E-state index < -0.39 is 35.4 Å². The number of primary amides is 1. The zero-order chi connectivity index (χ0) is 15.8. The number of ether oxygens (including phenoxy) is 1. The van der Waals surface area contributed by atoms with Gasteiger partial charge in [0.2, 0.25) is 5.91 Å². The normalized spacial score (nSPS) is 30.0. The first-order valence-electron chi connectivity index (χ1n) is 6.86. The number of fused-ring (bicyclic) bond motifs is 2. The van der Waals surface area contributed by atoms with Crippen LogP contribution in [-0.4, -0.2) is 23.6 Å². The summed E-state index contributed by atoms with van der Waals surface area (Å²) >= 11 is 0. The summed E-state index contributed by atoms with van der Waals surface area (Å²) in [5, 5.41) is 0. The standard InChI is InChI=1S/C14H20N2O5/c1-14(2,3)20-13(19)21-16-12(18)10-8-5-4-7(6-8)9(10)11(15)17/h4-5,7-10H,6H2,1-3H3,(H2,15,17)(H,16,18). The number of amides is 2. The van der Waals surface area contributed by atoms with Gasteiger partial charge in [-0.25, -0.2) is 4.79 Å². The Bertz CT molecular complexity index is 494. The molecule has 7 heteroatoms. The van der Waals surface area contributed by atoms with Crippen LogP contribution in [0.25, 0.3) is 0 Å². The molecule has 21 heavy (non-hydrogen) atoms. The molecule has 0 heterocycles. The molecule has 116 valence electrons. The molecule has 2 aliphatic carbocycles. The topological polar surface area (TPSA) is 108 Å². The second-order valence-corrected chi connectivity index (χ2v) is 6.44. The van der Waals surface area contributed by atoms with E-state index in [1.165, 1.54) is 0 Å². The van der Waals surface area contributed by atoms with E-state index in [-0.39, 0.29) is 11.8 Å². The minimum absolute atomic E-state index is 0.00947. The Labute approximate surface area is 122 Å². The molecular formula is C14H20N2O5. The van der Waals surface area contributed by atoms with Crippen molar-refractivity contribution in [1.82, 2.24) is 5.48 Å². The molecule has 1 saturated carbocycles. The summed E-state index contributed by atoms with van der Waals surface area (Å²) in [5.74, 6) is -2.24. The van der Waals surface area contributed by atoms with Crippen LogP contribution < -0.4 is 11.2 Å². The van der Waals surface area contributed by atoms with Crippen molar-refractivity contribution in [1.29, 1.82) is 0 Å². The zero-order valence-electron chi connectivity index (χ0n) is 12.3. The smallest absolute Gasteiger partial charge is 0.427 e. The molecule has 2 rings (SSSR count). The number of allylic oxidation sites excluding steroid dienone is 2. The Kier molecular flexibility index (Phi) is 3.93. The van der Waals surface area contributed by atoms with Crippen LogP contribution in [0.1, 0.15) is 27.2 Å². The lowest BCUT2D eigenvalue weighted by atomic mass is 9.82. The Morgan fingerprint density at radius 3 is 2.24 bits per heavy atom. The van der Waals surface area contributed by atoms with Crippen molar-refractivity contribution in [2.24, 2.45) is 29.4 Å². The average molecular weight is 296 g/mol. The fourth-order valence-electron chi connectivity index (χ4n) is 3.00. The van der Waals surface area contributed by atoms with Crippen molar-refractivity contribution in [3.8, 4) is 0 Å². The van der Waals surface area contributed by atoms with Gasteiger partial charge in [-0.3, -0.25) is 9.59 Å². The molecular weight excluding hydrogens is 276 g/mol. The average Bonchev–Trinajstić information content (AvgIpc) is 2.93. The van der Waals surface area contributed by atoms with Gasteiger partial charge < -0.3 is 15.3 Å². The van der Waals surface area contributed by atoms with Gasteiger partial charge in [0.05, 0.1) is 11.8 Å². The third-order valence-corrected chi connectivity index (χ3v) is 3.72. The summed E-state index contributed by atoms with van der Waals surface area (Å²) < 4.78 is 4.91. The van der Waals surface area contributed by atoms with Crippen LogP contribution in [0.2, 0.25) is 0 Å². The molecule has 0 aromatic carbocycles. The maximum Gasteiger partial charge on any atom is 0.533 e. The molecule has 0 aromatic rings. The fraction of sp³-hybridized carbons (Fsp3) is 0.643. The van der Waals surface area contributed by atoms with Crippen LogP contribution in [0.3, 0.4) is 0 Å². The summed E-state index contributed by atoms with van der Waals surface area (Å²) in [4.78, 5) is 39.6. The van der Waals surface area contributed by atoms with Crippen LogP contribution in [0.15, 0.2) is 12.2 Å². The number of hydrogen-bond donors (Lipinski definition) is 2. The Hall–Kier alpha value is -2.05. The maximum atomic E-state index is 12.1. The molecule has 0 saturated heterocycles. The second kappa shape index (κ2) is 5.38. The summed E-state index contributed by atoms with van der Waals surface area (Å²) in [7, 11) is 0. The molecule has 4 atom stereocenters. The lowest BCUT2D eigenvalue weighted by Crippen LogP contribution is -2.43. The molecule has 2 aliphatic rings. The molecule has 0 spiro atoms. The van der Waals surface area contributed by atoms with E-state index in [0.29, 0.717) is 0 Å². The van der Waals surface area contributed by atoms with Crippen LogP contribution in [0, 0.1) is 23.7 Å². The first-order chi connectivity index (χ1) is 9.69. The summed E-state index contributed by atoms with van der Waals surface area (Å²) in [5.41, 5.74) is 6.71. The van der Waals surface area contributed by atoms with Gasteiger partial charge in [0, 0.05) is 0 Å². The van der Waals surface area contributed by atoms with E-state index in [4.69, 9.17) is 10.5 Å². The van der Waals surface area contributed by atoms with Crippen molar-refractivity contribution in [3.63, 3.8) is 0 Å². The van der Waals surface area contributed by atoms with Gasteiger partial charge >= 0.3 is 6.16 Å². The predicted molar refractivity (Wildman–Crippen MR) is 72.4 cm³/mol. The highest BCUT2D eigenvalue weighted by molar-refractivity contribution is 5.88. The maximum absolute atomic E-state index is 12.1. The SMILES string of the molecule is CC(C)(C)OC(=O)ONC(=O)C1C2C=CC(C2)C1C(N)=O. The van der Waals surface area contributed by atoms with E-state index in [9.17, 15) is 14.4 Å². The highest BCUT2D eigenvalue weighted by Gasteiger charge is 2.51. The number of rotatable bonds is 2. The first kappa shape index (κ1) is 15.3. The van der Waals surface area contributed by atoms with Crippen LogP contribution in [0.5, 0.6) is 0 Å². The van der Waals surface area contributed by atoms with E-state index in [1.807, 2.05) is 12.2 Å². The van der Waals surface area contributed by atoms with E-state index in [1.54, 1.807) is 20.8 Å². The van der Waals surface area contributed by atoms with Gasteiger partial charge in [-0.2, -0.15) is 5.48 Å². The molecule has 3 N–H and O–H groups in total. The quantitative estimate of drug-likeness (QED) is 0.447. The lowest BCUT2D eigenvalue weighted by Gasteiger charge is -2.24. The lowest BCUT2D eigenvalue weighted by molar-refractivity contribution is -0.142. The van der Waals surface area contributed by atoms with E-state index >= 15 is 0 Å². The van der Waals surface area contributed by atoms with E-state index in [0.717, 1.165) is 6.42 Å². The summed E-state index contributed by atoms with van der Waals surface area (Å²) in [6, 6.07) is 0. The third kappa shape index (κ3) is 3.34. The van der Waals surface area contributed by atoms with Crippen molar-refractivity contribution < 1.29 is 24.0 Å². The first-order valence-corrected chi connectivity index (χ1v) is 6.86. The monoisotopic (exact) mass is 296 g/mol. The Morgan fingerprint density at radius 2 is 1.71 bits per heavy atom. The minimum atomic E-state index is -0.995. The van der Waals surface area contributed by atoms with Crippen LogP contribution >= 0.6 is 0 Å². The molecule has 0 aliphatic heterocycles. The van der Waals surface area contributed by atoms with Crippen molar-refractivity contribution in [2.75, 3.05) is 0 Å². The van der Waals surface area contributed by atoms with Crippen molar-refractivity contribution >= 4 is 18.0 Å². The Balaban J connectivity index is 1.93. The number of nitrogens with one attached hydrogen (secondary N) is 1. The minimum Gasteiger partial charge on any atom is -0.427 e. The summed E-state index contributed by atoms with van der Waals surface area (Å²) in [6.45, 7) is 5.04. The fourth-order valence-corrected chi connectivity index (χ4v) is 3.00. The molecule has 7 nitrogen and oxygen atoms in total. The number of nitrogens with two attached hydrogens (primary N) is 1. The number of carbonyl (C=O) groups excluding carboxylic acids is 3. The molecule has 2 amide bonds. The summed E-state index contributed by atoms with van der Waals surface area (Å²) in [6.07, 6.45) is 3.55. The van der Waals surface area contributed by atoms with Gasteiger partial charge in [0.15, 0.2) is 0 Å². The highest BCUT2D eigenvalue weighted by atomic mass is 16.8. The van der Waals surface area contributed by atoms with Gasteiger partial charge in [-0.15, -0.1) is 0 Å². The molecule has 0 aromatic heterocycles. The Morgan fingerprint density at radius 1 is 1.14 bits per heavy atom. The largest absolute Gasteiger partial charge is 0.533 e. The molecule has 2 bridgehead atoms. The molecule has 4 unspecified atom stereocenters. The predicted octanol–water partition coefficient (Wildman–Crippen LogP) is 0.893. The zero-order valence-corrected chi connectivity index (χ0v) is 12.3. The van der Waals surface area contributed by atoms with Crippen molar-refractivity contribution in [2.45, 2.75) is 32.8 Å². The second-order valence-electron chi connectivity index (χ2n) is 6.44. The molecule has 0 radical (unpaired) electrons.